The molecule has 0 aliphatic carbocycles. The van der Waals surface area contributed by atoms with Crippen LogP contribution < -0.4 is 0 Å². The number of amides is 1. The summed E-state index contributed by atoms with van der Waals surface area (Å²) in [5.41, 5.74) is 0.952. The van der Waals surface area contributed by atoms with E-state index in [1.54, 1.807) is 0 Å². The lowest BCUT2D eigenvalue weighted by molar-refractivity contribution is -0.132. The molecule has 0 aromatic rings. The van der Waals surface area contributed by atoms with Crippen molar-refractivity contribution < 1.29 is 9.63 Å². The molecule has 4 nitrogen and oxygen atoms in total. The van der Waals surface area contributed by atoms with Crippen LogP contribution in [0.15, 0.2) is 17.0 Å². The molecule has 0 aromatic carbocycles. The van der Waals surface area contributed by atoms with E-state index in [9.17, 15) is 4.79 Å². The van der Waals surface area contributed by atoms with Gasteiger partial charge in [-0.2, -0.15) is 0 Å². The number of carbonyl (C=O) groups excluding carboxylic acids is 1. The molecule has 0 aromatic heterocycles. The van der Waals surface area contributed by atoms with Crippen LogP contribution in [0.4, 0.5) is 0 Å². The standard InChI is InChI=1S/C13H20N2O2/c1-10-4-3-7-15(9-10)13(16)8-12-6-5-11(2)14-17-12/h6,10H,3-5,7-9H2,1-2H3. The third kappa shape index (κ3) is 3.32. The van der Waals surface area contributed by atoms with Gasteiger partial charge in [0.2, 0.25) is 5.91 Å². The summed E-state index contributed by atoms with van der Waals surface area (Å²) >= 11 is 0. The smallest absolute Gasteiger partial charge is 0.230 e. The number of carbonyl (C=O) groups is 1. The van der Waals surface area contributed by atoms with Crippen LogP contribution >= 0.6 is 0 Å². The molecule has 94 valence electrons. The Bertz CT molecular complexity index is 360. The lowest BCUT2D eigenvalue weighted by atomic mass is 10.00. The Balaban J connectivity index is 1.85. The number of rotatable bonds is 2. The number of nitrogens with zero attached hydrogens (tertiary/aromatic N) is 2. The van der Waals surface area contributed by atoms with Crippen LogP contribution in [0.25, 0.3) is 0 Å². The summed E-state index contributed by atoms with van der Waals surface area (Å²) in [7, 11) is 0. The molecular weight excluding hydrogens is 216 g/mol. The average molecular weight is 236 g/mol. The first-order valence-corrected chi connectivity index (χ1v) is 6.32. The van der Waals surface area contributed by atoms with E-state index in [-0.39, 0.29) is 5.91 Å². The van der Waals surface area contributed by atoms with E-state index in [2.05, 4.69) is 12.1 Å². The van der Waals surface area contributed by atoms with Gasteiger partial charge in [-0.3, -0.25) is 4.79 Å². The SMILES string of the molecule is CC1=NOC(CC(=O)N2CCCC(C)C2)=CC1. The summed E-state index contributed by atoms with van der Waals surface area (Å²) in [6.45, 7) is 5.89. The van der Waals surface area contributed by atoms with E-state index in [4.69, 9.17) is 4.84 Å². The zero-order valence-corrected chi connectivity index (χ0v) is 10.6. The predicted molar refractivity (Wildman–Crippen MR) is 66.5 cm³/mol. The third-order valence-electron chi connectivity index (χ3n) is 3.28. The molecule has 2 aliphatic heterocycles. The van der Waals surface area contributed by atoms with E-state index >= 15 is 0 Å². The molecule has 2 aliphatic rings. The summed E-state index contributed by atoms with van der Waals surface area (Å²) < 4.78 is 0. The lowest BCUT2D eigenvalue weighted by Gasteiger charge is -2.31. The van der Waals surface area contributed by atoms with E-state index in [0.29, 0.717) is 18.1 Å². The zero-order valence-electron chi connectivity index (χ0n) is 10.6. The fourth-order valence-corrected chi connectivity index (χ4v) is 2.25. The van der Waals surface area contributed by atoms with Crippen molar-refractivity contribution in [1.82, 2.24) is 4.90 Å². The number of piperidine rings is 1. The second kappa shape index (κ2) is 5.34. The average Bonchev–Trinajstić information content (AvgIpc) is 2.32. The molecule has 1 atom stereocenters. The first kappa shape index (κ1) is 12.1. The minimum Gasteiger partial charge on any atom is -0.361 e. The molecule has 1 unspecified atom stereocenters. The van der Waals surface area contributed by atoms with Crippen LogP contribution in [0.3, 0.4) is 0 Å². The molecule has 1 saturated heterocycles. The summed E-state index contributed by atoms with van der Waals surface area (Å²) in [6, 6.07) is 0. The number of hydrogen-bond donors (Lipinski definition) is 0. The molecule has 1 fully saturated rings. The van der Waals surface area contributed by atoms with Gasteiger partial charge in [-0.05, 0) is 31.8 Å². The van der Waals surface area contributed by atoms with Gasteiger partial charge in [0, 0.05) is 19.5 Å². The number of hydrogen-bond acceptors (Lipinski definition) is 3. The monoisotopic (exact) mass is 236 g/mol. The minimum atomic E-state index is 0.164. The molecule has 0 N–H and O–H groups in total. The van der Waals surface area contributed by atoms with Crippen LogP contribution in [-0.2, 0) is 9.63 Å². The van der Waals surface area contributed by atoms with Crippen LogP contribution in [0, 0.1) is 5.92 Å². The Morgan fingerprint density at radius 1 is 1.65 bits per heavy atom. The van der Waals surface area contributed by atoms with Crippen molar-refractivity contribution in [2.75, 3.05) is 13.1 Å². The van der Waals surface area contributed by atoms with Gasteiger partial charge in [0.1, 0.15) is 5.76 Å². The number of likely N-dealkylation sites (tertiary alicyclic amines) is 1. The van der Waals surface area contributed by atoms with Crippen molar-refractivity contribution in [3.05, 3.63) is 11.8 Å². The topological polar surface area (TPSA) is 41.9 Å². The molecule has 0 radical (unpaired) electrons. The second-order valence-corrected chi connectivity index (χ2v) is 5.06. The first-order valence-electron chi connectivity index (χ1n) is 6.32. The summed E-state index contributed by atoms with van der Waals surface area (Å²) in [4.78, 5) is 19.2. The van der Waals surface area contributed by atoms with Crippen molar-refractivity contribution in [3.8, 4) is 0 Å². The molecule has 1 amide bonds. The molecule has 2 heterocycles. The molecule has 0 saturated carbocycles. The molecule has 2 rings (SSSR count). The Labute approximate surface area is 102 Å². The highest BCUT2D eigenvalue weighted by molar-refractivity contribution is 5.84. The Kier molecular flexibility index (Phi) is 3.82. The van der Waals surface area contributed by atoms with Crippen LogP contribution in [-0.4, -0.2) is 29.6 Å². The molecular formula is C13H20N2O2. The van der Waals surface area contributed by atoms with Crippen LogP contribution in [0.2, 0.25) is 0 Å². The Hall–Kier alpha value is -1.32. The number of allylic oxidation sites excluding steroid dienone is 1. The maximum absolute atomic E-state index is 12.1. The van der Waals surface area contributed by atoms with Gasteiger partial charge in [0.25, 0.3) is 0 Å². The van der Waals surface area contributed by atoms with Crippen molar-refractivity contribution in [1.29, 1.82) is 0 Å². The lowest BCUT2D eigenvalue weighted by Crippen LogP contribution is -2.39. The quantitative estimate of drug-likeness (QED) is 0.738. The van der Waals surface area contributed by atoms with Crippen LogP contribution in [0.1, 0.15) is 39.5 Å². The van der Waals surface area contributed by atoms with Gasteiger partial charge < -0.3 is 9.74 Å². The highest BCUT2D eigenvalue weighted by Gasteiger charge is 2.22. The highest BCUT2D eigenvalue weighted by atomic mass is 16.6. The Morgan fingerprint density at radius 3 is 3.12 bits per heavy atom. The van der Waals surface area contributed by atoms with E-state index in [0.717, 1.165) is 31.6 Å². The van der Waals surface area contributed by atoms with Gasteiger partial charge in [0.05, 0.1) is 12.1 Å². The summed E-state index contributed by atoms with van der Waals surface area (Å²) in [5, 5.41) is 3.90. The predicted octanol–water partition coefficient (Wildman–Crippen LogP) is 2.32. The summed E-state index contributed by atoms with van der Waals surface area (Å²) in [6.07, 6.45) is 5.44. The van der Waals surface area contributed by atoms with Gasteiger partial charge in [0.15, 0.2) is 0 Å². The number of oxime groups is 1. The molecule has 17 heavy (non-hydrogen) atoms. The first-order chi connectivity index (χ1) is 8.15. The van der Waals surface area contributed by atoms with E-state index < -0.39 is 0 Å². The second-order valence-electron chi connectivity index (χ2n) is 5.06. The van der Waals surface area contributed by atoms with E-state index in [1.807, 2.05) is 17.9 Å². The molecule has 4 heteroatoms. The Morgan fingerprint density at radius 2 is 2.47 bits per heavy atom. The molecule has 0 bridgehead atoms. The summed E-state index contributed by atoms with van der Waals surface area (Å²) in [5.74, 6) is 1.48. The maximum Gasteiger partial charge on any atom is 0.230 e. The fourth-order valence-electron chi connectivity index (χ4n) is 2.25. The maximum atomic E-state index is 12.1. The van der Waals surface area contributed by atoms with Gasteiger partial charge >= 0.3 is 0 Å². The van der Waals surface area contributed by atoms with Crippen molar-refractivity contribution in [3.63, 3.8) is 0 Å². The minimum absolute atomic E-state index is 0.164. The van der Waals surface area contributed by atoms with Crippen molar-refractivity contribution in [2.24, 2.45) is 11.1 Å². The highest BCUT2D eigenvalue weighted by Crippen LogP contribution is 2.19. The van der Waals surface area contributed by atoms with Crippen molar-refractivity contribution in [2.45, 2.75) is 39.5 Å². The van der Waals surface area contributed by atoms with Gasteiger partial charge in [-0.1, -0.05) is 12.1 Å². The van der Waals surface area contributed by atoms with Crippen molar-refractivity contribution >= 4 is 11.6 Å². The van der Waals surface area contributed by atoms with E-state index in [1.165, 1.54) is 6.42 Å². The van der Waals surface area contributed by atoms with Gasteiger partial charge in [-0.25, -0.2) is 0 Å². The normalized spacial score (nSPS) is 24.8. The van der Waals surface area contributed by atoms with Crippen LogP contribution in [0.5, 0.6) is 0 Å². The third-order valence-corrected chi connectivity index (χ3v) is 3.28. The largest absolute Gasteiger partial charge is 0.361 e. The fraction of sp³-hybridized carbons (Fsp3) is 0.692. The molecule has 0 spiro atoms. The zero-order chi connectivity index (χ0) is 12.3. The van der Waals surface area contributed by atoms with Gasteiger partial charge in [-0.15, -0.1) is 0 Å².